The molecule has 1 aromatic rings. The van der Waals surface area contributed by atoms with Gasteiger partial charge in [0.05, 0.1) is 25.7 Å². The number of carbonyl (C=O) groups excluding carboxylic acids is 2. The average molecular weight is 715 g/mol. The van der Waals surface area contributed by atoms with Gasteiger partial charge in [0, 0.05) is 32.3 Å². The molecule has 5 aliphatic carbocycles. The lowest BCUT2D eigenvalue weighted by atomic mass is 9.32. The van der Waals surface area contributed by atoms with Crippen LogP contribution in [0.1, 0.15) is 111 Å². The Balaban J connectivity index is 1.09. The van der Waals surface area contributed by atoms with Gasteiger partial charge in [-0.15, -0.1) is 0 Å². The third kappa shape index (κ3) is 5.43. The Labute approximate surface area is 313 Å². The van der Waals surface area contributed by atoms with Crippen molar-refractivity contribution in [2.24, 2.45) is 56.7 Å². The van der Waals surface area contributed by atoms with Crippen LogP contribution in [0.4, 0.5) is 0 Å². The molecule has 10 atom stereocenters. The first-order chi connectivity index (χ1) is 24.6. The van der Waals surface area contributed by atoms with Gasteiger partial charge in [-0.2, -0.15) is 0 Å². The summed E-state index contributed by atoms with van der Waals surface area (Å²) in [5, 5.41) is 11.1. The first kappa shape index (κ1) is 37.5. The monoisotopic (exact) mass is 714 g/mol. The third-order valence-corrected chi connectivity index (χ3v) is 17.2. The highest BCUT2D eigenvalue weighted by atomic mass is 16.5. The van der Waals surface area contributed by atoms with E-state index in [1.54, 1.807) is 20.3 Å². The van der Waals surface area contributed by atoms with E-state index in [2.05, 4.69) is 53.0 Å². The van der Waals surface area contributed by atoms with Gasteiger partial charge in [0.1, 0.15) is 0 Å². The maximum atomic E-state index is 15.0. The second kappa shape index (κ2) is 13.2. The van der Waals surface area contributed by atoms with Crippen molar-refractivity contribution < 1.29 is 24.2 Å². The van der Waals surface area contributed by atoms with Crippen LogP contribution >= 0.6 is 0 Å². The van der Waals surface area contributed by atoms with Gasteiger partial charge in [0.25, 0.3) is 0 Å². The summed E-state index contributed by atoms with van der Waals surface area (Å²) in [6, 6.07) is 5.62. The normalized spacial score (nSPS) is 41.0. The number of hydrogen-bond donors (Lipinski definition) is 1. The molecule has 7 heteroatoms. The number of ether oxygens (including phenoxy) is 2. The van der Waals surface area contributed by atoms with Crippen LogP contribution in [0, 0.1) is 56.7 Å². The molecule has 52 heavy (non-hydrogen) atoms. The minimum absolute atomic E-state index is 0.0288. The van der Waals surface area contributed by atoms with E-state index in [0.29, 0.717) is 73.2 Å². The highest BCUT2D eigenvalue weighted by molar-refractivity contribution is 5.92. The molecule has 0 aromatic heterocycles. The molecule has 286 valence electrons. The maximum absolute atomic E-state index is 15.0. The topological polar surface area (TPSA) is 79.3 Å². The number of rotatable bonds is 6. The highest BCUT2D eigenvalue weighted by Crippen LogP contribution is 2.77. The SMILES string of the molecule is C=C(C)[C@@H]1CC[C@]2(C(=O)N3CCN(C(=O)/C=C/c4ccc(OC)c(OC)c4)CC3)CC[C@]3(C)[C@H](CC[C@@H]4[C@@]5(C)CC[C@H](O)C(C)(C)[C@@H]5CC[C@]43C)[C@@H]12. The van der Waals surface area contributed by atoms with E-state index in [1.807, 2.05) is 29.2 Å². The molecule has 2 amide bonds. The molecule has 0 unspecified atom stereocenters. The summed E-state index contributed by atoms with van der Waals surface area (Å²) in [6.07, 6.45) is 14.2. The molecule has 0 bridgehead atoms. The lowest BCUT2D eigenvalue weighted by Crippen LogP contribution is -2.67. The number of amides is 2. The van der Waals surface area contributed by atoms with Crippen LogP contribution in [0.5, 0.6) is 11.5 Å². The van der Waals surface area contributed by atoms with Crippen LogP contribution in [0.2, 0.25) is 0 Å². The average Bonchev–Trinajstić information content (AvgIpc) is 3.53. The fourth-order valence-electron chi connectivity index (χ4n) is 14.2. The van der Waals surface area contributed by atoms with E-state index in [-0.39, 0.29) is 39.1 Å². The maximum Gasteiger partial charge on any atom is 0.246 e. The van der Waals surface area contributed by atoms with Gasteiger partial charge in [-0.3, -0.25) is 9.59 Å². The molecule has 7 nitrogen and oxygen atoms in total. The van der Waals surface area contributed by atoms with Gasteiger partial charge >= 0.3 is 0 Å². The zero-order chi connectivity index (χ0) is 37.4. The summed E-state index contributed by atoms with van der Waals surface area (Å²) >= 11 is 0. The van der Waals surface area contributed by atoms with Crippen LogP contribution in [0.3, 0.4) is 0 Å². The predicted molar refractivity (Wildman–Crippen MR) is 207 cm³/mol. The van der Waals surface area contributed by atoms with E-state index in [9.17, 15) is 9.90 Å². The van der Waals surface area contributed by atoms with Gasteiger partial charge in [0.2, 0.25) is 11.8 Å². The van der Waals surface area contributed by atoms with E-state index >= 15 is 4.79 Å². The Bertz CT molecular complexity index is 1610. The molecule has 1 aromatic carbocycles. The van der Waals surface area contributed by atoms with Crippen LogP contribution in [-0.4, -0.2) is 73.2 Å². The fraction of sp³-hybridized carbons (Fsp3) is 0.733. The zero-order valence-corrected chi connectivity index (χ0v) is 33.4. The van der Waals surface area contributed by atoms with E-state index < -0.39 is 0 Å². The summed E-state index contributed by atoms with van der Waals surface area (Å²) in [5.74, 6) is 4.01. The Morgan fingerprint density at radius 1 is 0.808 bits per heavy atom. The molecule has 6 aliphatic rings. The van der Waals surface area contributed by atoms with Crippen molar-refractivity contribution in [1.29, 1.82) is 0 Å². The highest BCUT2D eigenvalue weighted by Gasteiger charge is 2.72. The van der Waals surface area contributed by atoms with E-state index in [0.717, 1.165) is 44.1 Å². The van der Waals surface area contributed by atoms with Gasteiger partial charge in [-0.25, -0.2) is 0 Å². The van der Waals surface area contributed by atoms with Crippen molar-refractivity contribution in [3.05, 3.63) is 42.0 Å². The van der Waals surface area contributed by atoms with Crippen molar-refractivity contribution in [2.45, 2.75) is 112 Å². The standard InChI is InChI=1S/C45H66N2O5/c1-29(2)31-16-21-45(40(50)47-26-24-46(25-27-47)38(49)15-11-30-10-13-33(51-8)34(28-30)52-9)23-22-43(6)32(39(31)45)12-14-36-42(5)19-18-37(48)41(3,4)35(42)17-20-44(36,43)7/h10-11,13,15,28,31-32,35-37,39,48H,1,12,14,16-27H2,2-9H3/b15-11+/t31-,32+,35-,36+,37-,39+,42-,43+,44+,45-/m0/s1. The number of carbonyl (C=O) groups is 2. The molecule has 1 N–H and O–H groups in total. The molecule has 0 spiro atoms. The fourth-order valence-corrected chi connectivity index (χ4v) is 14.2. The third-order valence-electron chi connectivity index (χ3n) is 17.2. The van der Waals surface area contributed by atoms with Crippen molar-refractivity contribution in [3.8, 4) is 11.5 Å². The van der Waals surface area contributed by atoms with Crippen LogP contribution < -0.4 is 9.47 Å². The largest absolute Gasteiger partial charge is 0.493 e. The number of benzene rings is 1. The number of nitrogens with zero attached hydrogens (tertiary/aromatic N) is 2. The quantitative estimate of drug-likeness (QED) is 0.237. The molecule has 1 aliphatic heterocycles. The van der Waals surface area contributed by atoms with Gasteiger partial charge in [-0.1, -0.05) is 52.8 Å². The van der Waals surface area contributed by atoms with E-state index in [1.165, 1.54) is 31.3 Å². The van der Waals surface area contributed by atoms with E-state index in [4.69, 9.17) is 9.47 Å². The van der Waals surface area contributed by atoms with Gasteiger partial charge < -0.3 is 24.4 Å². The van der Waals surface area contributed by atoms with Crippen molar-refractivity contribution in [2.75, 3.05) is 40.4 Å². The number of methoxy groups -OCH3 is 2. The minimum Gasteiger partial charge on any atom is -0.493 e. The summed E-state index contributed by atoms with van der Waals surface area (Å²) in [5.41, 5.74) is 2.36. The first-order valence-electron chi connectivity index (χ1n) is 20.4. The Kier molecular flexibility index (Phi) is 9.52. The molecule has 7 rings (SSSR count). The molecule has 6 fully saturated rings. The van der Waals surface area contributed by atoms with Crippen molar-refractivity contribution in [1.82, 2.24) is 9.80 Å². The molecule has 5 saturated carbocycles. The summed E-state index contributed by atoms with van der Waals surface area (Å²) in [4.78, 5) is 32.3. The molecule has 1 saturated heterocycles. The van der Waals surface area contributed by atoms with Crippen LogP contribution in [-0.2, 0) is 9.59 Å². The second-order valence-corrected chi connectivity index (χ2v) is 19.3. The number of allylic oxidation sites excluding steroid dienone is 1. The molecular weight excluding hydrogens is 649 g/mol. The van der Waals surface area contributed by atoms with Gasteiger partial charge in [0.15, 0.2) is 11.5 Å². The first-order valence-corrected chi connectivity index (χ1v) is 20.4. The second-order valence-electron chi connectivity index (χ2n) is 19.3. The number of fused-ring (bicyclic) bond motifs is 7. The number of piperazine rings is 1. The predicted octanol–water partition coefficient (Wildman–Crippen LogP) is 8.41. The smallest absolute Gasteiger partial charge is 0.246 e. The zero-order valence-electron chi connectivity index (χ0n) is 33.4. The summed E-state index contributed by atoms with van der Waals surface area (Å²) in [6.45, 7) is 21.6. The number of aliphatic hydroxyl groups excluding tert-OH is 1. The summed E-state index contributed by atoms with van der Waals surface area (Å²) < 4.78 is 10.8. The Hall–Kier alpha value is -2.80. The number of hydrogen-bond acceptors (Lipinski definition) is 5. The minimum atomic E-state index is -0.339. The van der Waals surface area contributed by atoms with Crippen LogP contribution in [0.25, 0.3) is 6.08 Å². The Morgan fingerprint density at radius 3 is 2.17 bits per heavy atom. The lowest BCUT2D eigenvalue weighted by Gasteiger charge is -2.73. The lowest BCUT2D eigenvalue weighted by molar-refractivity contribution is -0.247. The van der Waals surface area contributed by atoms with Gasteiger partial charge in [-0.05, 0) is 146 Å². The van der Waals surface area contributed by atoms with Crippen LogP contribution in [0.15, 0.2) is 36.4 Å². The molecular formula is C45H66N2O5. The van der Waals surface area contributed by atoms with Crippen molar-refractivity contribution in [3.63, 3.8) is 0 Å². The Morgan fingerprint density at radius 2 is 1.50 bits per heavy atom. The number of aliphatic hydroxyl groups is 1. The van der Waals surface area contributed by atoms with Crippen molar-refractivity contribution >= 4 is 17.9 Å². The molecule has 0 radical (unpaired) electrons. The summed E-state index contributed by atoms with van der Waals surface area (Å²) in [7, 11) is 3.22. The molecule has 1 heterocycles.